The summed E-state index contributed by atoms with van der Waals surface area (Å²) in [6, 6.07) is 0. The zero-order chi connectivity index (χ0) is 12.8. The molecule has 0 aliphatic heterocycles. The highest BCUT2D eigenvalue weighted by molar-refractivity contribution is 5.31. The van der Waals surface area contributed by atoms with E-state index in [-0.39, 0.29) is 0 Å². The Morgan fingerprint density at radius 2 is 1.62 bits per heavy atom. The van der Waals surface area contributed by atoms with Crippen LogP contribution in [0.3, 0.4) is 0 Å². The van der Waals surface area contributed by atoms with Crippen LogP contribution >= 0.6 is 0 Å². The molecule has 0 fully saturated rings. The topological polar surface area (TPSA) is 0 Å². The van der Waals surface area contributed by atoms with Crippen molar-refractivity contribution in [3.05, 3.63) is 48.1 Å². The van der Waals surface area contributed by atoms with Crippen LogP contribution in [0.4, 0.5) is 0 Å². The molecule has 0 aliphatic carbocycles. The lowest BCUT2D eigenvalue weighted by atomic mass is 9.81. The summed E-state index contributed by atoms with van der Waals surface area (Å²) in [7, 11) is 0. The minimum atomic E-state index is 0.332. The van der Waals surface area contributed by atoms with Crippen LogP contribution in [0.25, 0.3) is 0 Å². The van der Waals surface area contributed by atoms with Crippen LogP contribution in [0.15, 0.2) is 48.1 Å². The van der Waals surface area contributed by atoms with Crippen LogP contribution in [-0.2, 0) is 0 Å². The summed E-state index contributed by atoms with van der Waals surface area (Å²) in [6.07, 6.45) is 10.3. The molecule has 0 nitrogen and oxygen atoms in total. The van der Waals surface area contributed by atoms with Gasteiger partial charge in [-0.05, 0) is 30.8 Å². The first-order chi connectivity index (χ1) is 7.29. The number of rotatable bonds is 4. The third kappa shape index (κ3) is 5.75. The van der Waals surface area contributed by atoms with E-state index < -0.39 is 0 Å². The minimum Gasteiger partial charge on any atom is -0.0991 e. The Hall–Kier alpha value is -1.04. The summed E-state index contributed by atoms with van der Waals surface area (Å²) < 4.78 is 0. The van der Waals surface area contributed by atoms with E-state index in [0.717, 1.165) is 0 Å². The quantitative estimate of drug-likeness (QED) is 0.561. The number of hydrogen-bond donors (Lipinski definition) is 0. The van der Waals surface area contributed by atoms with Crippen molar-refractivity contribution in [1.82, 2.24) is 0 Å². The highest BCUT2D eigenvalue weighted by atomic mass is 14.2. The van der Waals surface area contributed by atoms with E-state index in [1.54, 1.807) is 6.08 Å². The van der Waals surface area contributed by atoms with E-state index in [0.29, 0.717) is 11.3 Å². The SMILES string of the molecule is C=C\C=C/C=C(C)/C(C)=C/C(C)C(C)(C)C. The van der Waals surface area contributed by atoms with Crippen molar-refractivity contribution in [3.8, 4) is 0 Å². The van der Waals surface area contributed by atoms with Gasteiger partial charge in [0.1, 0.15) is 0 Å². The molecule has 0 spiro atoms. The first-order valence-electron chi connectivity index (χ1n) is 5.93. The molecule has 0 bridgehead atoms. The van der Waals surface area contributed by atoms with E-state index in [2.05, 4.69) is 60.3 Å². The van der Waals surface area contributed by atoms with Crippen molar-refractivity contribution < 1.29 is 0 Å². The summed E-state index contributed by atoms with van der Waals surface area (Å²) in [5.74, 6) is 0.583. The zero-order valence-electron chi connectivity index (χ0n) is 11.7. The fourth-order valence-corrected chi connectivity index (χ4v) is 1.17. The molecule has 16 heavy (non-hydrogen) atoms. The monoisotopic (exact) mass is 218 g/mol. The van der Waals surface area contributed by atoms with E-state index in [1.807, 2.05) is 12.2 Å². The highest BCUT2D eigenvalue weighted by Crippen LogP contribution is 2.28. The normalized spacial score (nSPS) is 16.6. The van der Waals surface area contributed by atoms with E-state index in [1.165, 1.54) is 11.1 Å². The minimum absolute atomic E-state index is 0.332. The van der Waals surface area contributed by atoms with Crippen LogP contribution in [0, 0.1) is 11.3 Å². The Bertz CT molecular complexity index is 305. The third-order valence-electron chi connectivity index (χ3n) is 3.08. The van der Waals surface area contributed by atoms with Crippen LogP contribution in [0.1, 0.15) is 41.5 Å². The lowest BCUT2D eigenvalue weighted by Gasteiger charge is -2.25. The van der Waals surface area contributed by atoms with Gasteiger partial charge in [-0.25, -0.2) is 0 Å². The van der Waals surface area contributed by atoms with Gasteiger partial charge in [-0.3, -0.25) is 0 Å². The van der Waals surface area contributed by atoms with Gasteiger partial charge in [0.15, 0.2) is 0 Å². The van der Waals surface area contributed by atoms with Crippen molar-refractivity contribution >= 4 is 0 Å². The average molecular weight is 218 g/mol. The molecule has 0 amide bonds. The van der Waals surface area contributed by atoms with E-state index in [9.17, 15) is 0 Å². The van der Waals surface area contributed by atoms with Gasteiger partial charge in [0.25, 0.3) is 0 Å². The second-order valence-corrected chi connectivity index (χ2v) is 5.47. The lowest BCUT2D eigenvalue weighted by molar-refractivity contribution is 0.313. The molecule has 1 atom stereocenters. The van der Waals surface area contributed by atoms with Crippen LogP contribution < -0.4 is 0 Å². The summed E-state index contributed by atoms with van der Waals surface area (Å²) in [5.41, 5.74) is 3.00. The maximum absolute atomic E-state index is 3.65. The standard InChI is InChI=1S/C16H26/c1-8-9-10-11-13(2)14(3)12-15(4)16(5,6)7/h8-12,15H,1H2,2-7H3/b10-9-,13-11+,14-12+. The van der Waals surface area contributed by atoms with Gasteiger partial charge in [-0.15, -0.1) is 0 Å². The smallest absolute Gasteiger partial charge is 0.0207 e. The molecule has 0 rings (SSSR count). The molecular weight excluding hydrogens is 192 g/mol. The predicted molar refractivity (Wildman–Crippen MR) is 75.5 cm³/mol. The van der Waals surface area contributed by atoms with Crippen molar-refractivity contribution in [1.29, 1.82) is 0 Å². The lowest BCUT2D eigenvalue weighted by Crippen LogP contribution is -2.15. The number of hydrogen-bond acceptors (Lipinski definition) is 0. The van der Waals surface area contributed by atoms with Crippen molar-refractivity contribution in [2.75, 3.05) is 0 Å². The molecule has 0 heteroatoms. The van der Waals surface area contributed by atoms with Crippen LogP contribution in [-0.4, -0.2) is 0 Å². The van der Waals surface area contributed by atoms with Crippen molar-refractivity contribution in [2.45, 2.75) is 41.5 Å². The average Bonchev–Trinajstić information content (AvgIpc) is 2.16. The van der Waals surface area contributed by atoms with Crippen LogP contribution in [0.2, 0.25) is 0 Å². The molecular formula is C16H26. The summed E-state index contributed by atoms with van der Waals surface area (Å²) in [4.78, 5) is 0. The van der Waals surface area contributed by atoms with Gasteiger partial charge >= 0.3 is 0 Å². The molecule has 0 aromatic heterocycles. The maximum Gasteiger partial charge on any atom is -0.0207 e. The Labute approximate surface area is 101 Å². The maximum atomic E-state index is 3.65. The molecule has 0 saturated heterocycles. The summed E-state index contributed by atoms with van der Waals surface area (Å²) >= 11 is 0. The zero-order valence-corrected chi connectivity index (χ0v) is 11.7. The van der Waals surface area contributed by atoms with E-state index >= 15 is 0 Å². The fraction of sp³-hybridized carbons (Fsp3) is 0.500. The Morgan fingerprint density at radius 1 is 1.06 bits per heavy atom. The second kappa shape index (κ2) is 6.52. The first kappa shape index (κ1) is 15.0. The first-order valence-corrected chi connectivity index (χ1v) is 5.93. The molecule has 0 heterocycles. The van der Waals surface area contributed by atoms with Gasteiger partial charge in [0.05, 0.1) is 0 Å². The summed E-state index contributed by atoms with van der Waals surface area (Å²) in [6.45, 7) is 17.1. The van der Waals surface area contributed by atoms with E-state index in [4.69, 9.17) is 0 Å². The molecule has 0 aromatic carbocycles. The Morgan fingerprint density at radius 3 is 2.06 bits per heavy atom. The van der Waals surface area contributed by atoms with Gasteiger partial charge < -0.3 is 0 Å². The van der Waals surface area contributed by atoms with Gasteiger partial charge in [-0.1, -0.05) is 70.2 Å². The molecule has 0 aromatic rings. The van der Waals surface area contributed by atoms with Gasteiger partial charge in [-0.2, -0.15) is 0 Å². The predicted octanol–water partition coefficient (Wildman–Crippen LogP) is 5.30. The molecule has 0 N–H and O–H groups in total. The largest absolute Gasteiger partial charge is 0.0991 e. The van der Waals surface area contributed by atoms with Crippen molar-refractivity contribution in [2.24, 2.45) is 11.3 Å². The van der Waals surface area contributed by atoms with Crippen LogP contribution in [0.5, 0.6) is 0 Å². The van der Waals surface area contributed by atoms with Gasteiger partial charge in [0, 0.05) is 0 Å². The second-order valence-electron chi connectivity index (χ2n) is 5.47. The molecule has 1 unspecified atom stereocenters. The fourth-order valence-electron chi connectivity index (χ4n) is 1.17. The highest BCUT2D eigenvalue weighted by Gasteiger charge is 2.17. The molecule has 0 saturated carbocycles. The third-order valence-corrected chi connectivity index (χ3v) is 3.08. The summed E-state index contributed by atoms with van der Waals surface area (Å²) in [5, 5.41) is 0. The van der Waals surface area contributed by atoms with Gasteiger partial charge in [0.2, 0.25) is 0 Å². The Balaban J connectivity index is 4.72. The van der Waals surface area contributed by atoms with Crippen molar-refractivity contribution in [3.63, 3.8) is 0 Å². The number of allylic oxidation sites excluding steroid dienone is 7. The molecule has 0 aliphatic rings. The molecule has 90 valence electrons. The molecule has 0 radical (unpaired) electrons. The Kier molecular flexibility index (Phi) is 6.10.